The van der Waals surface area contributed by atoms with Crippen LogP contribution >= 0.6 is 0 Å². The number of unbranched alkanes of at least 4 members (excludes halogenated alkanes) is 3. The third-order valence-corrected chi connectivity index (χ3v) is 7.72. The van der Waals surface area contributed by atoms with Crippen molar-refractivity contribution in [2.75, 3.05) is 6.61 Å². The summed E-state index contributed by atoms with van der Waals surface area (Å²) in [6.07, 6.45) is 12.7. The molecule has 0 saturated heterocycles. The number of ether oxygens (including phenoxy) is 2. The third-order valence-electron chi connectivity index (χ3n) is 7.72. The van der Waals surface area contributed by atoms with Gasteiger partial charge in [0.25, 0.3) is 0 Å². The van der Waals surface area contributed by atoms with E-state index in [4.69, 9.17) is 9.47 Å². The molecular weight excluding hydrogens is 621 g/mol. The van der Waals surface area contributed by atoms with Gasteiger partial charge in [-0.15, -0.1) is 10.2 Å². The molecule has 0 aromatic carbocycles. The maximum Gasteiger partial charge on any atom is 0.135 e. The Hall–Kier alpha value is -1.36. The molecule has 1 radical (unpaired) electrons. The van der Waals surface area contributed by atoms with Gasteiger partial charge in [0.2, 0.25) is 0 Å². The molecule has 0 saturated carbocycles. The van der Waals surface area contributed by atoms with Crippen LogP contribution in [0.3, 0.4) is 0 Å². The van der Waals surface area contributed by atoms with Crippen molar-refractivity contribution in [3.8, 4) is 0 Å². The molecule has 0 aliphatic carbocycles. The fraction of sp³-hybridized carbons (Fsp3) is 0.812. The molecule has 2 rings (SSSR count). The molecule has 0 aliphatic rings. The summed E-state index contributed by atoms with van der Waals surface area (Å²) in [5.41, 5.74) is 0.479. The zero-order chi connectivity index (χ0) is 31.6. The Bertz CT molecular complexity index is 1040. The van der Waals surface area contributed by atoms with E-state index in [1.165, 1.54) is 12.8 Å². The summed E-state index contributed by atoms with van der Waals surface area (Å²) in [5, 5.41) is 17.1. The predicted octanol–water partition coefficient (Wildman–Crippen LogP) is 6.86. The number of carbonyl (C=O) groups is 2. The van der Waals surface area contributed by atoms with Crippen LogP contribution in [0, 0.1) is 5.92 Å². The first-order valence-electron chi connectivity index (χ1n) is 16.0. The topological polar surface area (TPSA) is 114 Å². The molecule has 2 heterocycles. The first-order chi connectivity index (χ1) is 19.9. The summed E-state index contributed by atoms with van der Waals surface area (Å²) in [5.74, 6) is 0.619. The van der Waals surface area contributed by atoms with E-state index in [-0.39, 0.29) is 44.4 Å². The Morgan fingerprint density at radius 3 is 1.95 bits per heavy atom. The molecule has 2 unspecified atom stereocenters. The molecule has 0 N–H and O–H groups in total. The average molecular weight is 680 g/mol. The van der Waals surface area contributed by atoms with Crippen LogP contribution in [0.25, 0.3) is 0 Å². The summed E-state index contributed by atoms with van der Waals surface area (Å²) in [4.78, 5) is 22.9. The first-order valence-corrected chi connectivity index (χ1v) is 16.0. The monoisotopic (exact) mass is 679 g/mol. The van der Waals surface area contributed by atoms with Crippen LogP contribution in [0.4, 0.5) is 0 Å². The van der Waals surface area contributed by atoms with Gasteiger partial charge in [0.05, 0.1) is 31.2 Å². The van der Waals surface area contributed by atoms with Crippen molar-refractivity contribution in [3.05, 3.63) is 23.8 Å². The zero-order valence-electron chi connectivity index (χ0n) is 28.5. The largest absolute Gasteiger partial charge is 0.366 e. The molecule has 43 heavy (non-hydrogen) atoms. The third kappa shape index (κ3) is 16.5. The van der Waals surface area contributed by atoms with Crippen molar-refractivity contribution in [1.29, 1.82) is 0 Å². The van der Waals surface area contributed by atoms with E-state index in [0.717, 1.165) is 63.0 Å². The number of hydrogen-bond donors (Lipinski definition) is 0. The molecule has 0 aliphatic heterocycles. The number of ketones is 2. The van der Waals surface area contributed by atoms with Crippen molar-refractivity contribution in [1.82, 2.24) is 30.0 Å². The van der Waals surface area contributed by atoms with Crippen molar-refractivity contribution >= 4 is 11.6 Å². The van der Waals surface area contributed by atoms with Gasteiger partial charge in [0.1, 0.15) is 28.6 Å². The zero-order valence-corrected chi connectivity index (χ0v) is 31.4. The molecule has 0 bridgehead atoms. The smallest absolute Gasteiger partial charge is 0.135 e. The Labute approximate surface area is 285 Å². The second-order valence-electron chi connectivity index (χ2n) is 12.0. The summed E-state index contributed by atoms with van der Waals surface area (Å²) in [7, 11) is 0. The van der Waals surface area contributed by atoms with Crippen molar-refractivity contribution in [3.63, 3.8) is 0 Å². The van der Waals surface area contributed by atoms with E-state index in [9.17, 15) is 9.59 Å². The molecule has 243 valence electrons. The number of aromatic nitrogens is 6. The van der Waals surface area contributed by atoms with Gasteiger partial charge in [-0.1, -0.05) is 64.8 Å². The van der Waals surface area contributed by atoms with Crippen molar-refractivity contribution in [2.45, 2.75) is 157 Å². The minimum Gasteiger partial charge on any atom is -0.366 e. The second-order valence-corrected chi connectivity index (χ2v) is 12.0. The van der Waals surface area contributed by atoms with Crippen LogP contribution < -0.4 is 0 Å². The standard InChI is InChI=1S/C28H48N6O4.C4H10.Y/c1-8-27(6,37-20-24-18-33(31-29-24)16-12-10-14-23(5)35)21-38-28(7,9-2)26-19-34(32-30-26)17-13-11-15-25(36)22(3)4;1-3-4-2;/h18-19,22H,8-17,20-21H2,1-7H3;3-4H2,1-2H3;. The van der Waals surface area contributed by atoms with Gasteiger partial charge < -0.3 is 14.3 Å². The Balaban J connectivity index is 0.00000331. The molecule has 0 spiro atoms. The quantitative estimate of drug-likeness (QED) is 0.132. The molecule has 10 nitrogen and oxygen atoms in total. The maximum atomic E-state index is 11.8. The van der Waals surface area contributed by atoms with Gasteiger partial charge in [0, 0.05) is 64.6 Å². The Morgan fingerprint density at radius 2 is 1.42 bits per heavy atom. The molecule has 2 aromatic rings. The summed E-state index contributed by atoms with van der Waals surface area (Å²) < 4.78 is 16.3. The number of aryl methyl sites for hydroxylation is 2. The Kier molecular flexibility index (Phi) is 21.5. The second kappa shape index (κ2) is 22.2. The summed E-state index contributed by atoms with van der Waals surface area (Å²) in [6.45, 7) is 20.3. The van der Waals surface area contributed by atoms with Gasteiger partial charge in [-0.3, -0.25) is 14.2 Å². The first kappa shape index (κ1) is 41.6. The molecule has 2 atom stereocenters. The van der Waals surface area contributed by atoms with Gasteiger partial charge in [-0.2, -0.15) is 0 Å². The number of nitrogens with zero attached hydrogens (tertiary/aromatic N) is 6. The van der Waals surface area contributed by atoms with E-state index in [2.05, 4.69) is 48.3 Å². The minimum absolute atomic E-state index is 0. The molecule has 11 heteroatoms. The summed E-state index contributed by atoms with van der Waals surface area (Å²) >= 11 is 0. The van der Waals surface area contributed by atoms with E-state index in [0.29, 0.717) is 31.8 Å². The number of Topliss-reactive ketones (excluding diaryl/α,β-unsaturated/α-hetero) is 2. The SMILES string of the molecule is CCC(C)(COC(C)(CC)c1cn(CCCCC(=O)C(C)C)nn1)OCc1cn(CCCCC(C)=O)nn1.CCCC.[Y]. The molecule has 2 aromatic heterocycles. The van der Waals surface area contributed by atoms with E-state index in [1.54, 1.807) is 11.6 Å². The van der Waals surface area contributed by atoms with E-state index in [1.807, 2.05) is 44.8 Å². The van der Waals surface area contributed by atoms with E-state index >= 15 is 0 Å². The average Bonchev–Trinajstić information content (AvgIpc) is 3.65. The molecular formula is C32H58N6O4Y. The van der Waals surface area contributed by atoms with Crippen molar-refractivity contribution < 1.29 is 51.8 Å². The number of carbonyl (C=O) groups excluding carboxylic acids is 2. The van der Waals surface area contributed by atoms with Gasteiger partial charge in [0.15, 0.2) is 0 Å². The van der Waals surface area contributed by atoms with Crippen LogP contribution in [0.5, 0.6) is 0 Å². The molecule has 0 fully saturated rings. The van der Waals surface area contributed by atoms with Gasteiger partial charge in [-0.05, 0) is 59.3 Å². The predicted molar refractivity (Wildman–Crippen MR) is 166 cm³/mol. The fourth-order valence-corrected chi connectivity index (χ4v) is 3.84. The maximum absolute atomic E-state index is 11.8. The number of hydrogen-bond acceptors (Lipinski definition) is 8. The van der Waals surface area contributed by atoms with Crippen LogP contribution in [-0.4, -0.2) is 53.8 Å². The van der Waals surface area contributed by atoms with Crippen LogP contribution in [0.15, 0.2) is 12.4 Å². The normalized spacial score (nSPS) is 13.9. The Morgan fingerprint density at radius 1 is 0.837 bits per heavy atom. The van der Waals surface area contributed by atoms with Crippen LogP contribution in [0.1, 0.15) is 138 Å². The van der Waals surface area contributed by atoms with Crippen molar-refractivity contribution in [2.24, 2.45) is 5.92 Å². The minimum atomic E-state index is -0.589. The summed E-state index contributed by atoms with van der Waals surface area (Å²) in [6, 6.07) is 0. The van der Waals surface area contributed by atoms with E-state index < -0.39 is 11.2 Å². The van der Waals surface area contributed by atoms with Crippen LogP contribution in [0.2, 0.25) is 0 Å². The number of rotatable bonds is 21. The van der Waals surface area contributed by atoms with Gasteiger partial charge in [-0.25, -0.2) is 0 Å². The van der Waals surface area contributed by atoms with Gasteiger partial charge >= 0.3 is 0 Å². The van der Waals surface area contributed by atoms with Crippen LogP contribution in [-0.2, 0) is 77.1 Å². The molecule has 0 amide bonds. The fourth-order valence-electron chi connectivity index (χ4n) is 3.84.